The van der Waals surface area contributed by atoms with Crippen LogP contribution < -0.4 is 0 Å². The number of aliphatic hydroxyl groups is 7. The number of likely N-dealkylation sites (N-methyl/N-ethyl adjacent to an activating group) is 2. The van der Waals surface area contributed by atoms with Crippen molar-refractivity contribution in [2.45, 2.75) is 259 Å². The van der Waals surface area contributed by atoms with E-state index in [9.17, 15) is 54.9 Å². The molecule has 4 aliphatic heterocycles. The van der Waals surface area contributed by atoms with E-state index in [-0.39, 0.29) is 47.8 Å². The predicted octanol–water partition coefficient (Wildman–Crippen LogP) is 4.77. The monoisotopic (exact) mass is 1130 g/mol. The van der Waals surface area contributed by atoms with E-state index in [0.717, 1.165) is 19.3 Å². The second-order valence-corrected chi connectivity index (χ2v) is 26.1. The van der Waals surface area contributed by atoms with Gasteiger partial charge in [-0.15, -0.1) is 0 Å². The number of ether oxygens (including phenoxy) is 6. The average molecular weight is 1130 g/mol. The zero-order chi connectivity index (χ0) is 60.0. The van der Waals surface area contributed by atoms with E-state index in [2.05, 4.69) is 0 Å². The van der Waals surface area contributed by atoms with Crippen LogP contribution in [0.4, 0.5) is 0 Å². The van der Waals surface area contributed by atoms with Gasteiger partial charge in [0.25, 0.3) is 0 Å². The number of rotatable bonds is 8. The first kappa shape index (κ1) is 69.3. The molecule has 0 aromatic heterocycles. The maximum atomic E-state index is 13.8. The van der Waals surface area contributed by atoms with Gasteiger partial charge in [-0.1, -0.05) is 75.7 Å². The van der Waals surface area contributed by atoms with Crippen molar-refractivity contribution >= 4 is 23.5 Å². The summed E-state index contributed by atoms with van der Waals surface area (Å²) in [6.45, 7) is 26.4. The summed E-state index contributed by atoms with van der Waals surface area (Å²) in [5, 5.41) is 77.8. The SMILES string of the molecule is CC1O[C@@H](O[C@H]2[C@H](C)[C@@H](O)[C@](C)(O)C[C@@H](C)C(=O)[C@H](C)[C@@H](O)[C@@H](C)[C@@H](C3CCC3)OC(=O)[C@@H]2C)CC(N(C)C)[C@@H]1O.CC[C@H]1OC(=O)[C@H](C)[C@@H](O[C@H]2CC(N(C)C)[C@H](O)C(C)O2)[C@H](C)[C@@H](O)[C@@H](C)C[C@@H](C)C(=O)[C@H](C)[C@@H](O)[C@H]1C. The van der Waals surface area contributed by atoms with Gasteiger partial charge in [-0.05, 0) is 107 Å². The van der Waals surface area contributed by atoms with E-state index in [4.69, 9.17) is 28.4 Å². The van der Waals surface area contributed by atoms with Crippen LogP contribution >= 0.6 is 0 Å². The highest BCUT2D eigenvalue weighted by atomic mass is 16.7. The van der Waals surface area contributed by atoms with E-state index >= 15 is 0 Å². The van der Waals surface area contributed by atoms with Crippen molar-refractivity contribution in [2.24, 2.45) is 71.0 Å². The number of aliphatic hydroxyl groups excluding tert-OH is 6. The minimum absolute atomic E-state index is 0.0216. The van der Waals surface area contributed by atoms with Crippen molar-refractivity contribution in [3.63, 3.8) is 0 Å². The lowest BCUT2D eigenvalue weighted by Crippen LogP contribution is -2.56. The van der Waals surface area contributed by atoms with Crippen LogP contribution in [0.5, 0.6) is 0 Å². The van der Waals surface area contributed by atoms with Gasteiger partial charge in [-0.25, -0.2) is 0 Å². The largest absolute Gasteiger partial charge is 0.462 e. The number of Topliss-reactive ketones (excluding diaryl/α,β-unsaturated/α-hetero) is 2. The van der Waals surface area contributed by atoms with Crippen LogP contribution in [0.2, 0.25) is 0 Å². The Bertz CT molecular complexity index is 1940. The third-order valence-electron chi connectivity index (χ3n) is 19.4. The molecular formula is C60H108N2O17. The summed E-state index contributed by atoms with van der Waals surface area (Å²) in [5.41, 5.74) is -1.68. The Balaban J connectivity index is 0.000000342. The van der Waals surface area contributed by atoms with E-state index in [1.807, 2.05) is 79.5 Å². The molecule has 1 saturated carbocycles. The van der Waals surface area contributed by atoms with Gasteiger partial charge in [0, 0.05) is 72.3 Å². The molecule has 1 aliphatic carbocycles. The Hall–Kier alpha value is -2.24. The standard InChI is InChI=1S/C31H55NO9.C29H53NO8/c1-15-14-31(7,38)29(36)18(4)27(40-23-13-22(32(8)9)26(35)20(6)39-23)19(5)30(37)41-28(21-11-10-12-21)17(3)25(34)16(2)24(15)33;1-11-22-16(4)26(33)17(5)24(31)14(2)12-15(3)25(32)18(6)28(19(7)29(35)37-22)38-23-13-21(30(9)10)27(34)20(8)36-23/h15-23,25-29,34-36,38H,10-14H2,1-9H3;14-23,25-28,32-34H,11-13H2,1-10H3/t15-,16+,17-,18+,19-,20?,22?,23+,25-,26-,27+,28+,29-,31-;14-,15+,16+,17+,18-,19-,20?,21?,22-,23+,25+,26+,27-,28+/m11/s1. The van der Waals surface area contributed by atoms with Crippen molar-refractivity contribution < 1.29 is 83.3 Å². The van der Waals surface area contributed by atoms with Crippen LogP contribution in [-0.2, 0) is 47.6 Å². The van der Waals surface area contributed by atoms with Crippen molar-refractivity contribution in [3.05, 3.63) is 0 Å². The van der Waals surface area contributed by atoms with E-state index in [0.29, 0.717) is 25.7 Å². The third kappa shape index (κ3) is 16.8. The van der Waals surface area contributed by atoms with E-state index < -0.39 is 157 Å². The van der Waals surface area contributed by atoms with Crippen LogP contribution in [0.3, 0.4) is 0 Å². The molecule has 0 amide bonds. The maximum absolute atomic E-state index is 13.8. The topological polar surface area (TPSA) is 272 Å². The zero-order valence-corrected chi connectivity index (χ0v) is 51.4. The number of esters is 2. The second kappa shape index (κ2) is 29.5. The van der Waals surface area contributed by atoms with Crippen molar-refractivity contribution in [3.8, 4) is 0 Å². The van der Waals surface area contributed by atoms with Gasteiger partial charge in [0.1, 0.15) is 23.8 Å². The first-order chi connectivity index (χ1) is 36.6. The molecule has 4 unspecified atom stereocenters. The molecule has 460 valence electrons. The second-order valence-electron chi connectivity index (χ2n) is 26.1. The Morgan fingerprint density at radius 1 is 0.544 bits per heavy atom. The quantitative estimate of drug-likeness (QED) is 0.161. The number of carbonyl (C=O) groups is 4. The number of hydrogen-bond donors (Lipinski definition) is 7. The van der Waals surface area contributed by atoms with Gasteiger partial charge in [0.05, 0.1) is 78.5 Å². The molecule has 0 radical (unpaired) electrons. The molecule has 0 bridgehead atoms. The number of ketones is 2. The normalized spacial score (nSPS) is 47.2. The summed E-state index contributed by atoms with van der Waals surface area (Å²) in [7, 11) is 7.52. The highest BCUT2D eigenvalue weighted by molar-refractivity contribution is 5.84. The number of cyclic esters (lactones) is 2. The molecule has 5 rings (SSSR count). The summed E-state index contributed by atoms with van der Waals surface area (Å²) >= 11 is 0. The molecule has 19 nitrogen and oxygen atoms in total. The zero-order valence-electron chi connectivity index (χ0n) is 51.4. The van der Waals surface area contributed by atoms with Crippen LogP contribution in [0.1, 0.15) is 155 Å². The van der Waals surface area contributed by atoms with Crippen LogP contribution in [0.25, 0.3) is 0 Å². The van der Waals surface area contributed by atoms with E-state index in [1.54, 1.807) is 55.4 Å². The molecule has 19 heteroatoms. The number of nitrogens with zero attached hydrogens (tertiary/aromatic N) is 2. The lowest BCUT2D eigenvalue weighted by molar-refractivity contribution is -0.268. The van der Waals surface area contributed by atoms with Crippen LogP contribution in [0, 0.1) is 71.0 Å². The maximum Gasteiger partial charge on any atom is 0.311 e. The molecule has 7 N–H and O–H groups in total. The fourth-order valence-electron chi connectivity index (χ4n) is 13.4. The van der Waals surface area contributed by atoms with Gasteiger partial charge in [-0.3, -0.25) is 19.2 Å². The minimum Gasteiger partial charge on any atom is -0.462 e. The molecule has 5 aliphatic rings. The number of carbonyl (C=O) groups excluding carboxylic acids is 4. The van der Waals surface area contributed by atoms with Crippen LogP contribution in [0.15, 0.2) is 0 Å². The first-order valence-corrected chi connectivity index (χ1v) is 29.8. The lowest BCUT2D eigenvalue weighted by Gasteiger charge is -2.45. The Labute approximate surface area is 473 Å². The van der Waals surface area contributed by atoms with Crippen molar-refractivity contribution in [1.82, 2.24) is 9.80 Å². The predicted molar refractivity (Wildman–Crippen MR) is 297 cm³/mol. The fourth-order valence-corrected chi connectivity index (χ4v) is 13.4. The first-order valence-electron chi connectivity index (χ1n) is 29.8. The van der Waals surface area contributed by atoms with Crippen molar-refractivity contribution in [1.29, 1.82) is 0 Å². The minimum atomic E-state index is -1.68. The molecule has 4 heterocycles. The summed E-state index contributed by atoms with van der Waals surface area (Å²) in [5.74, 6) is -7.46. The summed E-state index contributed by atoms with van der Waals surface area (Å²) in [4.78, 5) is 57.6. The highest BCUT2D eigenvalue weighted by Gasteiger charge is 2.50. The van der Waals surface area contributed by atoms with Crippen molar-refractivity contribution in [2.75, 3.05) is 28.2 Å². The summed E-state index contributed by atoms with van der Waals surface area (Å²) in [6.07, 6.45) is -6.42. The molecule has 79 heavy (non-hydrogen) atoms. The van der Waals surface area contributed by atoms with Gasteiger partial charge in [0.15, 0.2) is 12.6 Å². The highest BCUT2D eigenvalue weighted by Crippen LogP contribution is 2.41. The van der Waals surface area contributed by atoms with Crippen LogP contribution in [-0.4, -0.2) is 201 Å². The van der Waals surface area contributed by atoms with Gasteiger partial charge in [0.2, 0.25) is 0 Å². The smallest absolute Gasteiger partial charge is 0.311 e. The fraction of sp³-hybridized carbons (Fsp3) is 0.933. The molecule has 5 fully saturated rings. The molecule has 28 atom stereocenters. The molecule has 0 aromatic carbocycles. The van der Waals surface area contributed by atoms with Gasteiger partial charge >= 0.3 is 11.9 Å². The molecule has 0 spiro atoms. The summed E-state index contributed by atoms with van der Waals surface area (Å²) in [6, 6.07) is -0.434. The summed E-state index contributed by atoms with van der Waals surface area (Å²) < 4.78 is 36.9. The third-order valence-corrected chi connectivity index (χ3v) is 19.4. The molecule has 0 aromatic rings. The Morgan fingerprint density at radius 2 is 0.975 bits per heavy atom. The molecular weight excluding hydrogens is 1020 g/mol. The average Bonchev–Trinajstić information content (AvgIpc) is 3.38. The number of hydrogen-bond acceptors (Lipinski definition) is 19. The Kier molecular flexibility index (Phi) is 25.9. The van der Waals surface area contributed by atoms with Gasteiger partial charge < -0.3 is 74.0 Å². The van der Waals surface area contributed by atoms with Gasteiger partial charge in [-0.2, -0.15) is 0 Å². The van der Waals surface area contributed by atoms with E-state index in [1.165, 1.54) is 6.92 Å². The molecule has 4 saturated heterocycles. The lowest BCUT2D eigenvalue weighted by atomic mass is 9.71. The Morgan fingerprint density at radius 3 is 1.41 bits per heavy atom.